The summed E-state index contributed by atoms with van der Waals surface area (Å²) in [5, 5.41) is 6.05. The lowest BCUT2D eigenvalue weighted by atomic mass is 10.2. The highest BCUT2D eigenvalue weighted by Gasteiger charge is 2.20. The molecule has 1 aromatic carbocycles. The Morgan fingerprint density at radius 2 is 2.00 bits per heavy atom. The molecule has 6 heteroatoms. The van der Waals surface area contributed by atoms with Gasteiger partial charge in [-0.25, -0.2) is 9.78 Å². The lowest BCUT2D eigenvalue weighted by molar-refractivity contribution is 0.199. The third-order valence-corrected chi connectivity index (χ3v) is 5.57. The highest BCUT2D eigenvalue weighted by molar-refractivity contribution is 7.99. The van der Waals surface area contributed by atoms with E-state index in [1.807, 2.05) is 59.3 Å². The number of carbonyl (C=O) groups is 1. The molecule has 1 aliphatic heterocycles. The fraction of sp³-hybridized carbons (Fsp3) is 0.375. The normalized spacial score (nSPS) is 16.3. The summed E-state index contributed by atoms with van der Waals surface area (Å²) in [7, 11) is 0. The number of nitrogens with one attached hydrogen (secondary N) is 1. The minimum absolute atomic E-state index is 0.0178. The van der Waals surface area contributed by atoms with Crippen LogP contribution >= 0.6 is 23.1 Å². The first-order valence-electron chi connectivity index (χ1n) is 7.38. The number of amides is 2. The number of urea groups is 1. The fourth-order valence-electron chi connectivity index (χ4n) is 2.33. The minimum Gasteiger partial charge on any atom is -0.329 e. The Hall–Kier alpha value is -1.53. The van der Waals surface area contributed by atoms with E-state index in [9.17, 15) is 4.79 Å². The molecule has 0 spiro atoms. The van der Waals surface area contributed by atoms with Gasteiger partial charge < -0.3 is 10.2 Å². The van der Waals surface area contributed by atoms with E-state index >= 15 is 0 Å². The highest BCUT2D eigenvalue weighted by Crippen LogP contribution is 2.25. The van der Waals surface area contributed by atoms with E-state index in [0.29, 0.717) is 0 Å². The number of carbonyl (C=O) groups excluding carboxylic acids is 1. The van der Waals surface area contributed by atoms with E-state index in [1.54, 1.807) is 11.3 Å². The van der Waals surface area contributed by atoms with Crippen molar-refractivity contribution in [3.05, 3.63) is 40.7 Å². The number of rotatable bonds is 3. The van der Waals surface area contributed by atoms with Crippen molar-refractivity contribution in [2.24, 2.45) is 0 Å². The van der Waals surface area contributed by atoms with Crippen LogP contribution in [0.25, 0.3) is 11.3 Å². The first-order valence-corrected chi connectivity index (χ1v) is 9.41. The van der Waals surface area contributed by atoms with Crippen LogP contribution in [-0.4, -0.2) is 40.5 Å². The molecule has 2 amide bonds. The number of aromatic nitrogens is 1. The quantitative estimate of drug-likeness (QED) is 0.933. The Kier molecular flexibility index (Phi) is 5.00. The summed E-state index contributed by atoms with van der Waals surface area (Å²) in [5.41, 5.74) is 2.08. The van der Waals surface area contributed by atoms with Crippen molar-refractivity contribution in [1.82, 2.24) is 15.2 Å². The third kappa shape index (κ3) is 3.62. The molecule has 0 radical (unpaired) electrons. The SMILES string of the molecule is C[C@H](NC(=O)N1CCSCC1)c1nc(-c2ccccc2)cs1. The van der Waals surface area contributed by atoms with Crippen molar-refractivity contribution >= 4 is 29.1 Å². The smallest absolute Gasteiger partial charge is 0.318 e. The van der Waals surface area contributed by atoms with Gasteiger partial charge in [0, 0.05) is 35.5 Å². The van der Waals surface area contributed by atoms with Crippen LogP contribution in [0.15, 0.2) is 35.7 Å². The van der Waals surface area contributed by atoms with E-state index < -0.39 is 0 Å². The Morgan fingerprint density at radius 3 is 2.73 bits per heavy atom. The van der Waals surface area contributed by atoms with Crippen molar-refractivity contribution in [2.75, 3.05) is 24.6 Å². The minimum atomic E-state index is -0.0652. The molecule has 22 heavy (non-hydrogen) atoms. The predicted molar refractivity (Wildman–Crippen MR) is 93.4 cm³/mol. The van der Waals surface area contributed by atoms with Gasteiger partial charge >= 0.3 is 6.03 Å². The van der Waals surface area contributed by atoms with Gasteiger partial charge in [-0.2, -0.15) is 11.8 Å². The zero-order valence-corrected chi connectivity index (χ0v) is 14.1. The molecule has 1 fully saturated rings. The van der Waals surface area contributed by atoms with Gasteiger partial charge in [0.25, 0.3) is 0 Å². The van der Waals surface area contributed by atoms with E-state index in [1.165, 1.54) is 0 Å². The molecular formula is C16H19N3OS2. The van der Waals surface area contributed by atoms with Gasteiger partial charge in [-0.05, 0) is 6.92 Å². The Balaban J connectivity index is 1.64. The molecule has 0 saturated carbocycles. The average Bonchev–Trinajstić information content (AvgIpc) is 3.06. The lowest BCUT2D eigenvalue weighted by Crippen LogP contribution is -2.45. The summed E-state index contributed by atoms with van der Waals surface area (Å²) in [6.07, 6.45) is 0. The molecule has 2 aromatic rings. The van der Waals surface area contributed by atoms with Gasteiger partial charge in [-0.1, -0.05) is 30.3 Å². The summed E-state index contributed by atoms with van der Waals surface area (Å²) in [6, 6.07) is 10.1. The van der Waals surface area contributed by atoms with Crippen LogP contribution in [0.3, 0.4) is 0 Å². The predicted octanol–water partition coefficient (Wildman–Crippen LogP) is 3.63. The van der Waals surface area contributed by atoms with Gasteiger partial charge in [0.2, 0.25) is 0 Å². The third-order valence-electron chi connectivity index (χ3n) is 3.60. The van der Waals surface area contributed by atoms with Crippen LogP contribution in [0.2, 0.25) is 0 Å². The summed E-state index contributed by atoms with van der Waals surface area (Å²) in [4.78, 5) is 18.8. The van der Waals surface area contributed by atoms with Crippen LogP contribution in [0.1, 0.15) is 18.0 Å². The van der Waals surface area contributed by atoms with Crippen molar-refractivity contribution in [2.45, 2.75) is 13.0 Å². The van der Waals surface area contributed by atoms with Crippen LogP contribution in [0.5, 0.6) is 0 Å². The maximum Gasteiger partial charge on any atom is 0.318 e. The van der Waals surface area contributed by atoms with E-state index in [0.717, 1.165) is 40.9 Å². The van der Waals surface area contributed by atoms with Gasteiger partial charge in [-0.3, -0.25) is 0 Å². The Bertz CT molecular complexity index is 623. The van der Waals surface area contributed by atoms with Crippen LogP contribution < -0.4 is 5.32 Å². The molecule has 0 unspecified atom stereocenters. The summed E-state index contributed by atoms with van der Waals surface area (Å²) in [5.74, 6) is 2.05. The number of hydrogen-bond donors (Lipinski definition) is 1. The molecule has 1 saturated heterocycles. The molecule has 1 N–H and O–H groups in total. The maximum atomic E-state index is 12.2. The number of thioether (sulfide) groups is 1. The molecule has 0 aliphatic carbocycles. The molecule has 2 heterocycles. The molecule has 1 aliphatic rings. The van der Waals surface area contributed by atoms with E-state index in [-0.39, 0.29) is 12.1 Å². The van der Waals surface area contributed by atoms with Crippen molar-refractivity contribution < 1.29 is 4.79 Å². The molecule has 116 valence electrons. The lowest BCUT2D eigenvalue weighted by Gasteiger charge is -2.27. The largest absolute Gasteiger partial charge is 0.329 e. The molecule has 1 atom stereocenters. The number of hydrogen-bond acceptors (Lipinski definition) is 4. The monoisotopic (exact) mass is 333 g/mol. The Labute approximate surface area is 138 Å². The molecule has 1 aromatic heterocycles. The number of nitrogens with zero attached hydrogens (tertiary/aromatic N) is 2. The van der Waals surface area contributed by atoms with Gasteiger partial charge in [0.05, 0.1) is 11.7 Å². The summed E-state index contributed by atoms with van der Waals surface area (Å²) >= 11 is 3.49. The zero-order valence-electron chi connectivity index (χ0n) is 12.5. The van der Waals surface area contributed by atoms with Gasteiger partial charge in [0.1, 0.15) is 5.01 Å². The van der Waals surface area contributed by atoms with E-state index in [4.69, 9.17) is 0 Å². The van der Waals surface area contributed by atoms with Crippen molar-refractivity contribution in [1.29, 1.82) is 0 Å². The van der Waals surface area contributed by atoms with Crippen LogP contribution in [-0.2, 0) is 0 Å². The Morgan fingerprint density at radius 1 is 1.27 bits per heavy atom. The van der Waals surface area contributed by atoms with Crippen LogP contribution in [0, 0.1) is 0 Å². The second-order valence-corrected chi connectivity index (χ2v) is 7.32. The first kappa shape index (κ1) is 15.4. The molecule has 0 bridgehead atoms. The van der Waals surface area contributed by atoms with Crippen molar-refractivity contribution in [3.63, 3.8) is 0 Å². The first-order chi connectivity index (χ1) is 10.7. The maximum absolute atomic E-state index is 12.2. The topological polar surface area (TPSA) is 45.2 Å². The summed E-state index contributed by atoms with van der Waals surface area (Å²) in [6.45, 7) is 3.65. The molecular weight excluding hydrogens is 314 g/mol. The average molecular weight is 333 g/mol. The molecule has 4 nitrogen and oxygen atoms in total. The van der Waals surface area contributed by atoms with E-state index in [2.05, 4.69) is 10.3 Å². The second kappa shape index (κ2) is 7.15. The number of thiazole rings is 1. The standard InChI is InChI=1S/C16H19N3OS2/c1-12(17-16(20)19-7-9-21-10-8-19)15-18-14(11-22-15)13-5-3-2-4-6-13/h2-6,11-12H,7-10H2,1H3,(H,17,20)/t12-/m0/s1. The molecule has 3 rings (SSSR count). The highest BCUT2D eigenvalue weighted by atomic mass is 32.2. The second-order valence-electron chi connectivity index (χ2n) is 5.21. The van der Waals surface area contributed by atoms with Crippen LogP contribution in [0.4, 0.5) is 4.79 Å². The number of benzene rings is 1. The summed E-state index contributed by atoms with van der Waals surface area (Å²) < 4.78 is 0. The van der Waals surface area contributed by atoms with Crippen molar-refractivity contribution in [3.8, 4) is 11.3 Å². The fourth-order valence-corrected chi connectivity index (χ4v) is 4.07. The van der Waals surface area contributed by atoms with Gasteiger partial charge in [-0.15, -0.1) is 11.3 Å². The van der Waals surface area contributed by atoms with Gasteiger partial charge in [0.15, 0.2) is 0 Å². The zero-order chi connectivity index (χ0) is 15.4.